The minimum Gasteiger partial charge on any atom is -0.507 e. The number of aliphatic hydroxyl groups is 1. The smallest absolute Gasteiger partial charge is 0.252 e. The molecule has 6 aliphatic rings. The fraction of sp³-hybridized carbons (Fsp3) is 0.618. The number of likely N-dealkylation sites (N-methyl/N-ethyl adjacent to an activating group) is 1. The molecule has 5 N–H and O–H groups in total. The summed E-state index contributed by atoms with van der Waals surface area (Å²) in [6.45, 7) is 6.91. The monoisotopic (exact) mass is 669 g/mol. The third kappa shape index (κ3) is 5.39. The Hall–Kier alpha value is -3.21. The number of ketones is 2. The van der Waals surface area contributed by atoms with Crippen molar-refractivity contribution >= 4 is 17.5 Å². The van der Waals surface area contributed by atoms with Crippen molar-refractivity contribution in [1.29, 1.82) is 0 Å². The molecule has 0 aromatic heterocycles. The summed E-state index contributed by atoms with van der Waals surface area (Å²) in [6, 6.07) is -0.0516. The Labute approximate surface area is 278 Å². The Bertz CT molecular complexity index is 1560. The average Bonchev–Trinajstić information content (AvgIpc) is 3.45. The van der Waals surface area contributed by atoms with Crippen LogP contribution in [0.5, 0.6) is 11.5 Å². The molecule has 14 nitrogen and oxygen atoms in total. The predicted molar refractivity (Wildman–Crippen MR) is 168 cm³/mol. The van der Waals surface area contributed by atoms with Crippen molar-refractivity contribution in [3.8, 4) is 11.5 Å². The van der Waals surface area contributed by atoms with Gasteiger partial charge in [-0.1, -0.05) is 25.2 Å². The van der Waals surface area contributed by atoms with Crippen LogP contribution in [0.15, 0.2) is 23.8 Å². The first-order valence-corrected chi connectivity index (χ1v) is 16.7. The van der Waals surface area contributed by atoms with E-state index in [1.54, 1.807) is 12.2 Å². The zero-order chi connectivity index (χ0) is 33.9. The highest BCUT2D eigenvalue weighted by Gasteiger charge is 2.54. The number of amides is 1. The summed E-state index contributed by atoms with van der Waals surface area (Å²) in [5.74, 6) is -4.05. The Kier molecular flexibility index (Phi) is 8.96. The molecule has 1 amide bonds. The number of hydrogen-bond donors (Lipinski definition) is 5. The lowest BCUT2D eigenvalue weighted by Crippen LogP contribution is -2.54. The third-order valence-electron chi connectivity index (χ3n) is 10.5. The van der Waals surface area contributed by atoms with Gasteiger partial charge in [0.15, 0.2) is 17.9 Å². The summed E-state index contributed by atoms with van der Waals surface area (Å²) in [4.78, 5) is 43.7. The van der Waals surface area contributed by atoms with Gasteiger partial charge < -0.3 is 49.6 Å². The lowest BCUT2D eigenvalue weighted by molar-refractivity contribution is -0.247. The van der Waals surface area contributed by atoms with Crippen molar-refractivity contribution in [3.63, 3.8) is 0 Å². The van der Waals surface area contributed by atoms with Crippen LogP contribution in [-0.2, 0) is 34.9 Å². The van der Waals surface area contributed by atoms with E-state index in [-0.39, 0.29) is 65.3 Å². The lowest BCUT2D eigenvalue weighted by Gasteiger charge is -2.43. The summed E-state index contributed by atoms with van der Waals surface area (Å²) in [5.41, 5.74) is -2.67. The molecule has 0 radical (unpaired) electrons. The van der Waals surface area contributed by atoms with Gasteiger partial charge in [-0.25, -0.2) is 0 Å². The second kappa shape index (κ2) is 12.9. The Morgan fingerprint density at radius 2 is 1.98 bits per heavy atom. The molecule has 1 aromatic rings. The number of carbonyl (C=O) groups excluding carboxylic acids is 3. The van der Waals surface area contributed by atoms with Crippen LogP contribution in [0.3, 0.4) is 0 Å². The van der Waals surface area contributed by atoms with Gasteiger partial charge in [0.1, 0.15) is 29.4 Å². The number of nitrogens with zero attached hydrogens (tertiary/aromatic N) is 1. The van der Waals surface area contributed by atoms with Crippen LogP contribution in [0.2, 0.25) is 0 Å². The van der Waals surface area contributed by atoms with Crippen LogP contribution in [0.25, 0.3) is 0 Å². The van der Waals surface area contributed by atoms with E-state index in [1.165, 1.54) is 13.2 Å². The van der Waals surface area contributed by atoms with Gasteiger partial charge in [0.2, 0.25) is 0 Å². The van der Waals surface area contributed by atoms with Gasteiger partial charge in [-0.05, 0) is 13.5 Å². The number of methoxy groups -OCH3 is 1. The van der Waals surface area contributed by atoms with Crippen molar-refractivity contribution in [3.05, 3.63) is 46.1 Å². The molecule has 3 aliphatic heterocycles. The minimum atomic E-state index is -2.09. The van der Waals surface area contributed by atoms with Gasteiger partial charge in [0.25, 0.3) is 5.91 Å². The van der Waals surface area contributed by atoms with Crippen molar-refractivity contribution in [2.24, 2.45) is 5.92 Å². The number of benzene rings is 1. The number of nitrogens with one attached hydrogen (secondary N) is 2. The van der Waals surface area contributed by atoms with Crippen LogP contribution in [0.1, 0.15) is 64.6 Å². The first kappa shape index (κ1) is 33.3. The first-order chi connectivity index (χ1) is 23.1. The van der Waals surface area contributed by atoms with E-state index in [4.69, 9.17) is 23.7 Å². The fourth-order valence-electron chi connectivity index (χ4n) is 8.22. The molecule has 260 valence electrons. The number of phenols is 2. The van der Waals surface area contributed by atoms with Crippen LogP contribution >= 0.6 is 0 Å². The average molecular weight is 670 g/mol. The van der Waals surface area contributed by atoms with E-state index in [2.05, 4.69) is 15.5 Å². The molecule has 0 saturated carbocycles. The van der Waals surface area contributed by atoms with Gasteiger partial charge in [0.05, 0.1) is 48.6 Å². The fourth-order valence-corrected chi connectivity index (χ4v) is 8.22. The number of allylic oxidation sites excluding steroid dienone is 2. The van der Waals surface area contributed by atoms with E-state index >= 15 is 0 Å². The quantitative estimate of drug-likeness (QED) is 0.192. The van der Waals surface area contributed by atoms with E-state index in [9.17, 15) is 29.7 Å². The molecule has 0 spiro atoms. The second-order valence-electron chi connectivity index (χ2n) is 13.3. The number of fused-ring (bicyclic) bond motifs is 6. The predicted octanol–water partition coefficient (Wildman–Crippen LogP) is 0.626. The molecule has 0 bridgehead atoms. The standard InChI is InChI=1S/C34H43N3O11/c1-4-35-8-9-36-33(42)34(43)13-18-25(21(14-34)47-23-12-19-32(16(2)46-23)48-22-15-45-11-10-37(19)22)31(41)27-26(29(18)39)28(38)17-6-5-7-20(44-3)24(17)30(27)40/h5-7,16,19-24,32,35,39,41,43H,4,8-15H2,1-3H3,(H,36,42)/t16-,19-,20?,21-,22+,23-,24?,32+,34-/m0/s1. The largest absolute Gasteiger partial charge is 0.507 e. The SMILES string of the molecule is CCNCCNC(=O)[C@]1(O)Cc2c(O)c3c(c(O)c2[C@@H](O[C@H]2C[C@H]4[C@H](O[C@@H]5COCCN54)[C@H](C)O2)C1)C(=O)C1C(=CC=CC1OC)C3=O. The van der Waals surface area contributed by atoms with Gasteiger partial charge >= 0.3 is 0 Å². The summed E-state index contributed by atoms with van der Waals surface area (Å²) in [7, 11) is 1.42. The normalized spacial score (nSPS) is 35.6. The summed E-state index contributed by atoms with van der Waals surface area (Å²) < 4.78 is 30.1. The van der Waals surface area contributed by atoms with Gasteiger partial charge in [0, 0.05) is 68.7 Å². The van der Waals surface area contributed by atoms with Crippen LogP contribution in [0, 0.1) is 5.92 Å². The van der Waals surface area contributed by atoms with E-state index < -0.39 is 65.4 Å². The van der Waals surface area contributed by atoms with E-state index in [0.717, 1.165) is 0 Å². The highest BCUT2D eigenvalue weighted by atomic mass is 16.7. The Balaban J connectivity index is 1.27. The molecule has 3 fully saturated rings. The number of Topliss-reactive ketones (excluding diaryl/α,β-unsaturated/α-hetero) is 2. The van der Waals surface area contributed by atoms with Crippen LogP contribution < -0.4 is 10.6 Å². The molecule has 7 rings (SSSR count). The molecular weight excluding hydrogens is 626 g/mol. The minimum absolute atomic E-state index is 0.0376. The number of rotatable bonds is 8. The molecule has 14 heteroatoms. The first-order valence-electron chi connectivity index (χ1n) is 16.7. The topological polar surface area (TPSA) is 185 Å². The van der Waals surface area contributed by atoms with Crippen molar-refractivity contribution < 1.29 is 53.4 Å². The third-order valence-corrected chi connectivity index (χ3v) is 10.5. The number of phenolic OH excluding ortho intramolecular Hbond substituents is 2. The molecule has 3 heterocycles. The highest BCUT2D eigenvalue weighted by molar-refractivity contribution is 6.26. The molecule has 1 aromatic carbocycles. The second-order valence-corrected chi connectivity index (χ2v) is 13.3. The number of hydrogen-bond acceptors (Lipinski definition) is 13. The molecular formula is C34H43N3O11. The molecule has 2 unspecified atom stereocenters. The highest BCUT2D eigenvalue weighted by Crippen LogP contribution is 2.53. The molecule has 3 saturated heterocycles. The zero-order valence-corrected chi connectivity index (χ0v) is 27.3. The molecule has 9 atom stereocenters. The van der Waals surface area contributed by atoms with Crippen molar-refractivity contribution in [2.75, 3.05) is 46.5 Å². The van der Waals surface area contributed by atoms with E-state index in [1.807, 2.05) is 13.8 Å². The number of carbonyl (C=O) groups is 3. The van der Waals surface area contributed by atoms with Gasteiger partial charge in [-0.15, -0.1) is 0 Å². The molecule has 48 heavy (non-hydrogen) atoms. The van der Waals surface area contributed by atoms with Crippen LogP contribution in [-0.4, -0.2) is 127 Å². The summed E-state index contributed by atoms with van der Waals surface area (Å²) >= 11 is 0. The van der Waals surface area contributed by atoms with Crippen molar-refractivity contribution in [2.45, 2.75) is 81.7 Å². The lowest BCUT2D eigenvalue weighted by atomic mass is 9.69. The maximum absolute atomic E-state index is 14.0. The van der Waals surface area contributed by atoms with Crippen LogP contribution in [0.4, 0.5) is 0 Å². The van der Waals surface area contributed by atoms with E-state index in [0.29, 0.717) is 39.3 Å². The maximum Gasteiger partial charge on any atom is 0.252 e. The number of ether oxygens (including phenoxy) is 5. The Morgan fingerprint density at radius 1 is 1.17 bits per heavy atom. The van der Waals surface area contributed by atoms with Gasteiger partial charge in [-0.2, -0.15) is 0 Å². The maximum atomic E-state index is 14.0. The van der Waals surface area contributed by atoms with Gasteiger partial charge in [-0.3, -0.25) is 19.3 Å². The molecule has 3 aliphatic carbocycles. The van der Waals surface area contributed by atoms with Crippen molar-refractivity contribution in [1.82, 2.24) is 15.5 Å². The number of morpholine rings is 1. The Morgan fingerprint density at radius 3 is 2.75 bits per heavy atom. The zero-order valence-electron chi connectivity index (χ0n) is 27.3. The summed E-state index contributed by atoms with van der Waals surface area (Å²) in [5, 5.41) is 41.4. The number of aromatic hydroxyl groups is 2. The summed E-state index contributed by atoms with van der Waals surface area (Å²) in [6.07, 6.45) is 0.807.